The Morgan fingerprint density at radius 2 is 1.81 bits per heavy atom. The van der Waals surface area contributed by atoms with Crippen LogP contribution in [0.4, 0.5) is 0 Å². The van der Waals surface area contributed by atoms with E-state index in [1.165, 1.54) is 0 Å². The van der Waals surface area contributed by atoms with E-state index < -0.39 is 0 Å². The second kappa shape index (κ2) is 3.93. The van der Waals surface area contributed by atoms with Gasteiger partial charge in [0.25, 0.3) is 0 Å². The van der Waals surface area contributed by atoms with Crippen molar-refractivity contribution >= 4 is 5.78 Å². The number of imidazole rings is 1. The van der Waals surface area contributed by atoms with Gasteiger partial charge in [0, 0.05) is 16.8 Å². The number of H-pyrrole nitrogens is 1. The quantitative estimate of drug-likeness (QED) is 0.781. The zero-order chi connectivity index (χ0) is 11.7. The van der Waals surface area contributed by atoms with Crippen LogP contribution in [0.25, 0.3) is 11.3 Å². The van der Waals surface area contributed by atoms with Crippen LogP contribution in [0.2, 0.25) is 0 Å². The standard InChI is InChI=1S/C13H14N2O/c1-8-13(15-10(3)14-8)12-6-4-11(5-7-12)9(2)16/h4-7H,1-3H3,(H,14,15). The first-order valence-electron chi connectivity index (χ1n) is 5.22. The molecule has 0 aliphatic carbocycles. The zero-order valence-electron chi connectivity index (χ0n) is 9.66. The molecule has 2 rings (SSSR count). The van der Waals surface area contributed by atoms with Crippen LogP contribution < -0.4 is 0 Å². The summed E-state index contributed by atoms with van der Waals surface area (Å²) in [5.74, 6) is 0.990. The van der Waals surface area contributed by atoms with E-state index in [9.17, 15) is 4.79 Å². The lowest BCUT2D eigenvalue weighted by Crippen LogP contribution is -1.91. The van der Waals surface area contributed by atoms with Crippen LogP contribution in [0, 0.1) is 13.8 Å². The third-order valence-corrected chi connectivity index (χ3v) is 2.57. The second-order valence-electron chi connectivity index (χ2n) is 3.93. The smallest absolute Gasteiger partial charge is 0.159 e. The summed E-state index contributed by atoms with van der Waals surface area (Å²) in [6.07, 6.45) is 0. The van der Waals surface area contributed by atoms with Gasteiger partial charge in [-0.1, -0.05) is 24.3 Å². The highest BCUT2D eigenvalue weighted by atomic mass is 16.1. The van der Waals surface area contributed by atoms with E-state index in [2.05, 4.69) is 9.97 Å². The molecule has 0 fully saturated rings. The molecule has 0 unspecified atom stereocenters. The van der Waals surface area contributed by atoms with Gasteiger partial charge in [0.05, 0.1) is 5.69 Å². The topological polar surface area (TPSA) is 45.8 Å². The van der Waals surface area contributed by atoms with Crippen molar-refractivity contribution in [3.8, 4) is 11.3 Å². The van der Waals surface area contributed by atoms with Crippen molar-refractivity contribution in [2.24, 2.45) is 0 Å². The van der Waals surface area contributed by atoms with E-state index in [0.717, 1.165) is 28.3 Å². The molecule has 0 radical (unpaired) electrons. The van der Waals surface area contributed by atoms with E-state index in [4.69, 9.17) is 0 Å². The number of rotatable bonds is 2. The highest BCUT2D eigenvalue weighted by Crippen LogP contribution is 2.21. The summed E-state index contributed by atoms with van der Waals surface area (Å²) in [6.45, 7) is 5.49. The zero-order valence-corrected chi connectivity index (χ0v) is 9.66. The van der Waals surface area contributed by atoms with Crippen LogP contribution in [0.15, 0.2) is 24.3 Å². The summed E-state index contributed by atoms with van der Waals surface area (Å²) < 4.78 is 0. The summed E-state index contributed by atoms with van der Waals surface area (Å²) >= 11 is 0. The lowest BCUT2D eigenvalue weighted by molar-refractivity contribution is 0.101. The molecule has 0 saturated heterocycles. The number of aromatic nitrogens is 2. The molecule has 0 spiro atoms. The minimum absolute atomic E-state index is 0.0847. The minimum atomic E-state index is 0.0847. The maximum atomic E-state index is 11.1. The highest BCUT2D eigenvalue weighted by molar-refractivity contribution is 5.94. The molecule has 82 valence electrons. The molecular weight excluding hydrogens is 200 g/mol. The fourth-order valence-electron chi connectivity index (χ4n) is 1.75. The first kappa shape index (κ1) is 10.6. The van der Waals surface area contributed by atoms with Crippen LogP contribution in [0.5, 0.6) is 0 Å². The fourth-order valence-corrected chi connectivity index (χ4v) is 1.75. The molecule has 0 amide bonds. The summed E-state index contributed by atoms with van der Waals surface area (Å²) in [5, 5.41) is 0. The van der Waals surface area contributed by atoms with E-state index in [1.807, 2.05) is 38.1 Å². The molecule has 0 aliphatic heterocycles. The number of benzene rings is 1. The number of carbonyl (C=O) groups is 1. The number of Topliss-reactive ketones (excluding diaryl/α,β-unsaturated/α-hetero) is 1. The van der Waals surface area contributed by atoms with Gasteiger partial charge in [-0.2, -0.15) is 0 Å². The fraction of sp³-hybridized carbons (Fsp3) is 0.231. The Morgan fingerprint density at radius 1 is 1.19 bits per heavy atom. The van der Waals surface area contributed by atoms with E-state index in [1.54, 1.807) is 6.92 Å². The molecule has 2 aromatic rings. The molecule has 0 bridgehead atoms. The molecular formula is C13H14N2O. The van der Waals surface area contributed by atoms with Crippen LogP contribution in [-0.2, 0) is 0 Å². The van der Waals surface area contributed by atoms with Crippen molar-refractivity contribution < 1.29 is 4.79 Å². The molecule has 1 aromatic heterocycles. The number of ketones is 1. The van der Waals surface area contributed by atoms with Crippen LogP contribution in [0.3, 0.4) is 0 Å². The summed E-state index contributed by atoms with van der Waals surface area (Å²) in [6, 6.07) is 7.53. The largest absolute Gasteiger partial charge is 0.346 e. The molecule has 1 aromatic carbocycles. The predicted molar refractivity (Wildman–Crippen MR) is 63.5 cm³/mol. The molecule has 1 N–H and O–H groups in total. The van der Waals surface area contributed by atoms with Gasteiger partial charge in [-0.15, -0.1) is 0 Å². The van der Waals surface area contributed by atoms with Gasteiger partial charge in [0.1, 0.15) is 5.82 Å². The molecule has 0 saturated carbocycles. The first-order chi connectivity index (χ1) is 7.58. The number of hydrogen-bond acceptors (Lipinski definition) is 2. The average Bonchev–Trinajstić information content (AvgIpc) is 2.58. The van der Waals surface area contributed by atoms with Crippen molar-refractivity contribution in [2.75, 3.05) is 0 Å². The highest BCUT2D eigenvalue weighted by Gasteiger charge is 2.07. The lowest BCUT2D eigenvalue weighted by atomic mass is 10.1. The monoisotopic (exact) mass is 214 g/mol. The number of hydrogen-bond donors (Lipinski definition) is 1. The van der Waals surface area contributed by atoms with Gasteiger partial charge >= 0.3 is 0 Å². The van der Waals surface area contributed by atoms with Crippen LogP contribution >= 0.6 is 0 Å². The van der Waals surface area contributed by atoms with Crippen molar-refractivity contribution in [2.45, 2.75) is 20.8 Å². The van der Waals surface area contributed by atoms with Crippen molar-refractivity contribution in [1.82, 2.24) is 9.97 Å². The van der Waals surface area contributed by atoms with Crippen LogP contribution in [-0.4, -0.2) is 15.8 Å². The minimum Gasteiger partial charge on any atom is -0.346 e. The van der Waals surface area contributed by atoms with E-state index >= 15 is 0 Å². The third kappa shape index (κ3) is 1.89. The van der Waals surface area contributed by atoms with Crippen molar-refractivity contribution in [3.05, 3.63) is 41.3 Å². The van der Waals surface area contributed by atoms with E-state index in [-0.39, 0.29) is 5.78 Å². The molecule has 0 aliphatic rings. The van der Waals surface area contributed by atoms with Gasteiger partial charge in [-0.05, 0) is 20.8 Å². The predicted octanol–water partition coefficient (Wildman–Crippen LogP) is 2.90. The number of nitrogens with one attached hydrogen (secondary N) is 1. The maximum Gasteiger partial charge on any atom is 0.159 e. The Labute approximate surface area is 94.5 Å². The molecule has 0 atom stereocenters. The molecule has 16 heavy (non-hydrogen) atoms. The van der Waals surface area contributed by atoms with Crippen LogP contribution in [0.1, 0.15) is 28.8 Å². The lowest BCUT2D eigenvalue weighted by Gasteiger charge is -2.00. The third-order valence-electron chi connectivity index (χ3n) is 2.57. The Kier molecular flexibility index (Phi) is 2.60. The Balaban J connectivity index is 2.42. The Bertz CT molecular complexity index is 523. The second-order valence-corrected chi connectivity index (χ2v) is 3.93. The summed E-state index contributed by atoms with van der Waals surface area (Å²) in [5.41, 5.74) is 3.76. The van der Waals surface area contributed by atoms with E-state index in [0.29, 0.717) is 0 Å². The number of aromatic amines is 1. The summed E-state index contributed by atoms with van der Waals surface area (Å²) in [4.78, 5) is 18.7. The van der Waals surface area contributed by atoms with Gasteiger partial charge in [0.2, 0.25) is 0 Å². The first-order valence-corrected chi connectivity index (χ1v) is 5.22. The number of carbonyl (C=O) groups excluding carboxylic acids is 1. The van der Waals surface area contributed by atoms with Gasteiger partial charge < -0.3 is 4.98 Å². The summed E-state index contributed by atoms with van der Waals surface area (Å²) in [7, 11) is 0. The molecule has 1 heterocycles. The normalized spacial score (nSPS) is 10.4. The van der Waals surface area contributed by atoms with Gasteiger partial charge in [-0.25, -0.2) is 4.98 Å². The molecule has 3 heteroatoms. The maximum absolute atomic E-state index is 11.1. The van der Waals surface area contributed by atoms with Crippen molar-refractivity contribution in [3.63, 3.8) is 0 Å². The van der Waals surface area contributed by atoms with Crippen molar-refractivity contribution in [1.29, 1.82) is 0 Å². The number of nitrogens with zero attached hydrogens (tertiary/aromatic N) is 1. The SMILES string of the molecule is CC(=O)c1ccc(-c2nc(C)[nH]c2C)cc1. The Hall–Kier alpha value is -1.90. The Morgan fingerprint density at radius 3 is 2.25 bits per heavy atom. The number of aryl methyl sites for hydroxylation is 2. The average molecular weight is 214 g/mol. The van der Waals surface area contributed by atoms with Gasteiger partial charge in [0.15, 0.2) is 5.78 Å². The molecule has 3 nitrogen and oxygen atoms in total. The van der Waals surface area contributed by atoms with Gasteiger partial charge in [-0.3, -0.25) is 4.79 Å².